The standard InChI is InChI=1S/C16H16FNO2S/c1-20-15-4-2-3-14(9-15)18-16(19)11-21-10-12-5-7-13(17)8-6-12/h2-9H,10-11H2,1H3,(H,18,19). The van der Waals surface area contributed by atoms with Gasteiger partial charge in [0.15, 0.2) is 0 Å². The van der Waals surface area contributed by atoms with Crippen LogP contribution >= 0.6 is 11.8 Å². The van der Waals surface area contributed by atoms with Gasteiger partial charge in [-0.15, -0.1) is 11.8 Å². The van der Waals surface area contributed by atoms with E-state index in [0.717, 1.165) is 5.56 Å². The Morgan fingerprint density at radius 3 is 2.71 bits per heavy atom. The number of halogens is 1. The molecule has 0 radical (unpaired) electrons. The minimum atomic E-state index is -0.250. The number of anilines is 1. The number of hydrogen-bond acceptors (Lipinski definition) is 3. The van der Waals surface area contributed by atoms with Gasteiger partial charge < -0.3 is 10.1 Å². The molecule has 110 valence electrons. The van der Waals surface area contributed by atoms with Crippen LogP contribution in [0.4, 0.5) is 10.1 Å². The monoisotopic (exact) mass is 305 g/mol. The minimum Gasteiger partial charge on any atom is -0.497 e. The van der Waals surface area contributed by atoms with Crippen molar-refractivity contribution >= 4 is 23.4 Å². The third-order valence-electron chi connectivity index (χ3n) is 2.77. The zero-order valence-corrected chi connectivity index (χ0v) is 12.5. The Morgan fingerprint density at radius 1 is 1.24 bits per heavy atom. The van der Waals surface area contributed by atoms with Crippen molar-refractivity contribution in [3.05, 3.63) is 59.9 Å². The fourth-order valence-corrected chi connectivity index (χ4v) is 2.53. The third kappa shape index (κ3) is 5.11. The molecule has 3 nitrogen and oxygen atoms in total. The molecule has 2 rings (SSSR count). The first-order chi connectivity index (χ1) is 10.2. The van der Waals surface area contributed by atoms with E-state index in [-0.39, 0.29) is 11.7 Å². The van der Waals surface area contributed by atoms with Gasteiger partial charge in [-0.1, -0.05) is 18.2 Å². The van der Waals surface area contributed by atoms with Crippen LogP contribution in [-0.4, -0.2) is 18.8 Å². The lowest BCUT2D eigenvalue weighted by Crippen LogP contribution is -2.14. The predicted octanol–water partition coefficient (Wildman–Crippen LogP) is 3.71. The van der Waals surface area contributed by atoms with E-state index < -0.39 is 0 Å². The first kappa shape index (κ1) is 15.4. The highest BCUT2D eigenvalue weighted by Crippen LogP contribution is 2.18. The lowest BCUT2D eigenvalue weighted by Gasteiger charge is -2.07. The van der Waals surface area contributed by atoms with Crippen LogP contribution in [0.2, 0.25) is 0 Å². The number of ether oxygens (including phenoxy) is 1. The Hall–Kier alpha value is -2.01. The van der Waals surface area contributed by atoms with Crippen LogP contribution in [0.25, 0.3) is 0 Å². The molecule has 1 amide bonds. The van der Waals surface area contributed by atoms with Crippen molar-refractivity contribution in [3.63, 3.8) is 0 Å². The molecular formula is C16H16FNO2S. The van der Waals surface area contributed by atoms with Gasteiger partial charge in [-0.3, -0.25) is 4.79 Å². The SMILES string of the molecule is COc1cccc(NC(=O)CSCc2ccc(F)cc2)c1. The summed E-state index contributed by atoms with van der Waals surface area (Å²) in [4.78, 5) is 11.8. The highest BCUT2D eigenvalue weighted by molar-refractivity contribution is 7.99. The van der Waals surface area contributed by atoms with E-state index in [1.165, 1.54) is 23.9 Å². The number of nitrogens with one attached hydrogen (secondary N) is 1. The second-order valence-corrected chi connectivity index (χ2v) is 5.38. The van der Waals surface area contributed by atoms with E-state index >= 15 is 0 Å². The lowest BCUT2D eigenvalue weighted by atomic mass is 10.2. The molecule has 0 bridgehead atoms. The molecule has 21 heavy (non-hydrogen) atoms. The molecule has 2 aromatic rings. The molecule has 0 saturated heterocycles. The normalized spacial score (nSPS) is 10.2. The summed E-state index contributed by atoms with van der Waals surface area (Å²) < 4.78 is 17.9. The quantitative estimate of drug-likeness (QED) is 0.884. The van der Waals surface area contributed by atoms with Gasteiger partial charge in [-0.25, -0.2) is 4.39 Å². The molecule has 0 aliphatic carbocycles. The Labute approximate surface area is 127 Å². The molecule has 0 saturated carbocycles. The van der Waals surface area contributed by atoms with Crippen LogP contribution < -0.4 is 10.1 Å². The van der Waals surface area contributed by atoms with E-state index in [9.17, 15) is 9.18 Å². The van der Waals surface area contributed by atoms with Crippen molar-refractivity contribution in [2.45, 2.75) is 5.75 Å². The second kappa shape index (κ2) is 7.69. The van der Waals surface area contributed by atoms with Gasteiger partial charge in [0.2, 0.25) is 5.91 Å². The molecule has 0 atom stereocenters. The molecule has 0 aliphatic heterocycles. The minimum absolute atomic E-state index is 0.0737. The molecule has 0 spiro atoms. The van der Waals surface area contributed by atoms with Crippen LogP contribution in [0.3, 0.4) is 0 Å². The van der Waals surface area contributed by atoms with Gasteiger partial charge in [0.25, 0.3) is 0 Å². The van der Waals surface area contributed by atoms with Gasteiger partial charge in [0, 0.05) is 17.5 Å². The summed E-state index contributed by atoms with van der Waals surface area (Å²) in [6, 6.07) is 13.5. The van der Waals surface area contributed by atoms with Gasteiger partial charge in [-0.2, -0.15) is 0 Å². The van der Waals surface area contributed by atoms with Crippen molar-refractivity contribution in [2.24, 2.45) is 0 Å². The summed E-state index contributed by atoms with van der Waals surface area (Å²) >= 11 is 1.48. The third-order valence-corrected chi connectivity index (χ3v) is 3.77. The number of hydrogen-bond donors (Lipinski definition) is 1. The average Bonchev–Trinajstić information content (AvgIpc) is 2.49. The fourth-order valence-electron chi connectivity index (χ4n) is 1.74. The van der Waals surface area contributed by atoms with E-state index in [0.29, 0.717) is 22.9 Å². The number of methoxy groups -OCH3 is 1. The maximum absolute atomic E-state index is 12.8. The fraction of sp³-hybridized carbons (Fsp3) is 0.188. The highest BCUT2D eigenvalue weighted by Gasteiger charge is 2.04. The van der Waals surface area contributed by atoms with Crippen LogP contribution in [0, 0.1) is 5.82 Å². The van der Waals surface area contributed by atoms with Crippen LogP contribution in [-0.2, 0) is 10.5 Å². The predicted molar refractivity (Wildman–Crippen MR) is 84.2 cm³/mol. The number of carbonyl (C=O) groups excluding carboxylic acids is 1. The summed E-state index contributed by atoms with van der Waals surface area (Å²) in [6.07, 6.45) is 0. The average molecular weight is 305 g/mol. The molecule has 5 heteroatoms. The molecule has 2 aromatic carbocycles. The maximum atomic E-state index is 12.8. The molecule has 0 aliphatic rings. The van der Waals surface area contributed by atoms with Crippen LogP contribution in [0.1, 0.15) is 5.56 Å². The van der Waals surface area contributed by atoms with E-state index in [4.69, 9.17) is 4.74 Å². The Bertz CT molecular complexity index is 601. The lowest BCUT2D eigenvalue weighted by molar-refractivity contribution is -0.113. The molecule has 0 fully saturated rings. The van der Waals surface area contributed by atoms with Gasteiger partial charge in [0.05, 0.1) is 12.9 Å². The van der Waals surface area contributed by atoms with Crippen molar-refractivity contribution in [2.75, 3.05) is 18.2 Å². The van der Waals surface area contributed by atoms with Gasteiger partial charge >= 0.3 is 0 Å². The first-order valence-electron chi connectivity index (χ1n) is 6.43. The Balaban J connectivity index is 1.78. The molecule has 0 aromatic heterocycles. The smallest absolute Gasteiger partial charge is 0.234 e. The van der Waals surface area contributed by atoms with Gasteiger partial charge in [0.1, 0.15) is 11.6 Å². The number of amides is 1. The zero-order valence-electron chi connectivity index (χ0n) is 11.6. The first-order valence-corrected chi connectivity index (χ1v) is 7.59. The number of carbonyl (C=O) groups is 1. The van der Waals surface area contributed by atoms with Crippen LogP contribution in [0.5, 0.6) is 5.75 Å². The van der Waals surface area contributed by atoms with Crippen LogP contribution in [0.15, 0.2) is 48.5 Å². The maximum Gasteiger partial charge on any atom is 0.234 e. The van der Waals surface area contributed by atoms with Crippen molar-refractivity contribution in [1.82, 2.24) is 0 Å². The number of rotatable bonds is 6. The van der Waals surface area contributed by atoms with Crippen molar-refractivity contribution < 1.29 is 13.9 Å². The van der Waals surface area contributed by atoms with Crippen molar-refractivity contribution in [3.8, 4) is 5.75 Å². The summed E-state index contributed by atoms with van der Waals surface area (Å²) in [5.41, 5.74) is 1.71. The van der Waals surface area contributed by atoms with E-state index in [2.05, 4.69) is 5.32 Å². The van der Waals surface area contributed by atoms with E-state index in [1.54, 1.807) is 25.3 Å². The zero-order chi connectivity index (χ0) is 15.1. The van der Waals surface area contributed by atoms with Crippen molar-refractivity contribution in [1.29, 1.82) is 0 Å². The summed E-state index contributed by atoms with van der Waals surface area (Å²) in [5, 5.41) is 2.81. The summed E-state index contributed by atoms with van der Waals surface area (Å²) in [6.45, 7) is 0. The topological polar surface area (TPSA) is 38.3 Å². The summed E-state index contributed by atoms with van der Waals surface area (Å²) in [5.74, 6) is 1.39. The highest BCUT2D eigenvalue weighted by atomic mass is 32.2. The van der Waals surface area contributed by atoms with E-state index in [1.807, 2.05) is 18.2 Å². The Kier molecular flexibility index (Phi) is 5.63. The molecule has 0 unspecified atom stereocenters. The number of benzene rings is 2. The molecular weight excluding hydrogens is 289 g/mol. The second-order valence-electron chi connectivity index (χ2n) is 4.40. The van der Waals surface area contributed by atoms with Gasteiger partial charge in [-0.05, 0) is 29.8 Å². The number of thioether (sulfide) groups is 1. The molecule has 1 N–H and O–H groups in total. The molecule has 0 heterocycles. The Morgan fingerprint density at radius 2 is 2.00 bits per heavy atom. The summed E-state index contributed by atoms with van der Waals surface area (Å²) in [7, 11) is 1.58. The largest absolute Gasteiger partial charge is 0.497 e.